The van der Waals surface area contributed by atoms with Crippen LogP contribution in [-0.4, -0.2) is 10.9 Å². The van der Waals surface area contributed by atoms with Crippen LogP contribution in [0.4, 0.5) is 8.78 Å². The number of fused-ring (bicyclic) bond motifs is 1. The number of ketones is 1. The highest BCUT2D eigenvalue weighted by Gasteiger charge is 2.36. The Balaban J connectivity index is 2.34. The third-order valence-electron chi connectivity index (χ3n) is 3.36. The molecular weight excluding hydrogens is 450 g/mol. The first kappa shape index (κ1) is 14.6. The quantitative estimate of drug-likeness (QED) is 0.486. The van der Waals surface area contributed by atoms with E-state index in [0.29, 0.717) is 6.92 Å². The second-order valence-corrected chi connectivity index (χ2v) is 6.86. The maximum absolute atomic E-state index is 14.1. The highest BCUT2D eigenvalue weighted by Crippen LogP contribution is 2.39. The molecule has 7 heteroatoms. The number of para-hydroxylation sites is 1. The van der Waals surface area contributed by atoms with E-state index in [0.717, 1.165) is 6.07 Å². The van der Waals surface area contributed by atoms with Gasteiger partial charge in [0.1, 0.15) is 11.3 Å². The van der Waals surface area contributed by atoms with Gasteiger partial charge in [-0.15, -0.1) is 0 Å². The van der Waals surface area contributed by atoms with E-state index >= 15 is 0 Å². The third kappa shape index (κ3) is 2.86. The molecule has 0 saturated heterocycles. The van der Waals surface area contributed by atoms with Crippen LogP contribution < -0.4 is 0 Å². The Morgan fingerprint density at radius 2 is 1.96 bits per heavy atom. The molecule has 0 unspecified atom stereocenters. The van der Waals surface area contributed by atoms with Gasteiger partial charge in [0, 0.05) is 17.9 Å². The zero-order chi connectivity index (χ0) is 19.4. The minimum atomic E-state index is -3.47. The maximum Gasteiger partial charge on any atom is 0.302 e. The minimum Gasteiger partial charge on any atom is -0.506 e. The molecule has 0 amide bonds. The van der Waals surface area contributed by atoms with Gasteiger partial charge in [0.05, 0.1) is 17.3 Å². The maximum atomic E-state index is 14.1. The van der Waals surface area contributed by atoms with Crippen molar-refractivity contribution in [3.63, 3.8) is 0 Å². The van der Waals surface area contributed by atoms with Gasteiger partial charge in [-0.1, -0.05) is 18.2 Å². The number of carbonyl (C=O) groups is 1. The second kappa shape index (κ2) is 5.97. The van der Waals surface area contributed by atoms with Gasteiger partial charge in [0.25, 0.3) is 0 Å². The Kier molecular flexibility index (Phi) is 3.63. The van der Waals surface area contributed by atoms with E-state index in [1.165, 1.54) is 18.2 Å². The normalized spacial score (nSPS) is 13.0. The number of hydrogen-bond acceptors (Lipinski definition) is 3. The van der Waals surface area contributed by atoms with Gasteiger partial charge in [-0.3, -0.25) is 4.79 Å². The van der Waals surface area contributed by atoms with E-state index in [1.54, 1.807) is 0 Å². The van der Waals surface area contributed by atoms with E-state index < -0.39 is 23.0 Å². The summed E-state index contributed by atoms with van der Waals surface area (Å²) >= 11 is 6.19. The van der Waals surface area contributed by atoms with E-state index in [1.807, 2.05) is 0 Å². The zero-order valence-electron chi connectivity index (χ0n) is 14.1. The molecule has 0 bridgehead atoms. The molecule has 0 aliphatic heterocycles. The number of halogens is 4. The number of furan rings is 1. The molecule has 3 aromatic rings. The first-order chi connectivity index (χ1) is 12.0. The summed E-state index contributed by atoms with van der Waals surface area (Å²) in [5.41, 5.74) is -0.561. The summed E-state index contributed by atoms with van der Waals surface area (Å²) in [5, 5.41) is 9.75. The van der Waals surface area contributed by atoms with Crippen molar-refractivity contribution < 1.29 is 25.8 Å². The van der Waals surface area contributed by atoms with Crippen LogP contribution in [0.5, 0.6) is 5.75 Å². The molecule has 0 radical (unpaired) electrons. The van der Waals surface area contributed by atoms with Gasteiger partial charge in [-0.05, 0) is 50.0 Å². The highest BCUT2D eigenvalue weighted by atomic mass is 79.9. The summed E-state index contributed by atoms with van der Waals surface area (Å²) in [6, 6.07) is 4.59. The van der Waals surface area contributed by atoms with E-state index in [2.05, 4.69) is 31.9 Å². The van der Waals surface area contributed by atoms with Crippen molar-refractivity contribution in [3.8, 4) is 5.75 Å². The number of phenolic OH excluding ortho intramolecular Hbond substituents is 1. The van der Waals surface area contributed by atoms with E-state index in [9.17, 15) is 18.7 Å². The van der Waals surface area contributed by atoms with Crippen molar-refractivity contribution in [3.05, 3.63) is 62.2 Å². The lowest BCUT2D eigenvalue weighted by atomic mass is 9.98. The lowest BCUT2D eigenvalue weighted by Gasteiger charge is -2.10. The van der Waals surface area contributed by atoms with Gasteiger partial charge in [0.2, 0.25) is 0 Å². The molecular formula is C17H10Br2F2O3. The third-order valence-corrected chi connectivity index (χ3v) is 4.57. The topological polar surface area (TPSA) is 50.4 Å². The first-order valence-corrected chi connectivity index (χ1v) is 8.24. The number of alkyl halides is 2. The van der Waals surface area contributed by atoms with Crippen molar-refractivity contribution in [2.45, 2.75) is 12.8 Å². The van der Waals surface area contributed by atoms with Crippen molar-refractivity contribution in [1.82, 2.24) is 0 Å². The number of carbonyl (C=O) groups excluding carboxylic acids is 1. The summed E-state index contributed by atoms with van der Waals surface area (Å²) in [6.45, 7) is 0.593. The molecule has 1 heterocycles. The van der Waals surface area contributed by atoms with Crippen LogP contribution in [0.2, 0.25) is 0 Å². The summed E-state index contributed by atoms with van der Waals surface area (Å²) in [6.07, 6.45) is 0. The molecule has 124 valence electrons. The lowest BCUT2D eigenvalue weighted by molar-refractivity contribution is -0.00469. The zero-order valence-corrected chi connectivity index (χ0v) is 15.3. The average Bonchev–Trinajstić information content (AvgIpc) is 2.91. The number of rotatable bonds is 3. The van der Waals surface area contributed by atoms with Crippen LogP contribution in [0.15, 0.2) is 49.7 Å². The summed E-state index contributed by atoms with van der Waals surface area (Å²) in [7, 11) is 0. The van der Waals surface area contributed by atoms with Gasteiger partial charge in [0.15, 0.2) is 11.5 Å². The first-order valence-electron chi connectivity index (χ1n) is 7.65. The average molecular weight is 462 g/mol. The Hall–Kier alpha value is -1.73. The predicted molar refractivity (Wildman–Crippen MR) is 92.7 cm³/mol. The number of hydrogen-bond donors (Lipinski definition) is 1. The van der Waals surface area contributed by atoms with Crippen molar-refractivity contribution >= 4 is 48.6 Å². The smallest absolute Gasteiger partial charge is 0.302 e. The van der Waals surface area contributed by atoms with E-state index in [-0.39, 0.29) is 43.3 Å². The van der Waals surface area contributed by atoms with Crippen LogP contribution in [0.3, 0.4) is 0 Å². The highest BCUT2D eigenvalue weighted by molar-refractivity contribution is 9.11. The fourth-order valence-corrected chi connectivity index (χ4v) is 3.48. The van der Waals surface area contributed by atoms with Gasteiger partial charge in [-0.25, -0.2) is 0 Å². The molecule has 3 nitrogen and oxygen atoms in total. The summed E-state index contributed by atoms with van der Waals surface area (Å²) in [4.78, 5) is 13.0. The molecule has 2 aromatic carbocycles. The number of phenols is 1. The SMILES string of the molecule is [2H]c1cc([2H])c2oc(C(C)(F)F)c(C(=O)c3cc(Br)c(O)c(Br)c3)c2c1. The number of aromatic hydroxyl groups is 1. The molecule has 0 fully saturated rings. The second-order valence-electron chi connectivity index (χ2n) is 5.15. The Morgan fingerprint density at radius 3 is 2.54 bits per heavy atom. The largest absolute Gasteiger partial charge is 0.506 e. The molecule has 1 aromatic heterocycles. The Morgan fingerprint density at radius 1 is 1.33 bits per heavy atom. The fourth-order valence-electron chi connectivity index (χ4n) is 2.30. The van der Waals surface area contributed by atoms with Gasteiger partial charge in [-0.2, -0.15) is 8.78 Å². The lowest BCUT2D eigenvalue weighted by Crippen LogP contribution is -2.13. The molecule has 24 heavy (non-hydrogen) atoms. The van der Waals surface area contributed by atoms with Crippen molar-refractivity contribution in [2.24, 2.45) is 0 Å². The Bertz CT molecular complexity index is 1040. The van der Waals surface area contributed by atoms with Crippen LogP contribution >= 0.6 is 31.9 Å². The summed E-state index contributed by atoms with van der Waals surface area (Å²) < 4.78 is 49.3. The molecule has 0 aliphatic carbocycles. The molecule has 0 spiro atoms. The van der Waals surface area contributed by atoms with Crippen LogP contribution in [0.25, 0.3) is 11.0 Å². The van der Waals surface area contributed by atoms with E-state index in [4.69, 9.17) is 7.16 Å². The minimum absolute atomic E-state index is 0.0238. The monoisotopic (exact) mass is 460 g/mol. The summed E-state index contributed by atoms with van der Waals surface area (Å²) in [5.74, 6) is -5.24. The van der Waals surface area contributed by atoms with Crippen LogP contribution in [0, 0.1) is 0 Å². The van der Waals surface area contributed by atoms with Crippen molar-refractivity contribution in [2.75, 3.05) is 0 Å². The van der Waals surface area contributed by atoms with Gasteiger partial charge >= 0.3 is 5.92 Å². The molecule has 0 saturated carbocycles. The standard InChI is InChI=1S/C17H10Br2F2O3/c1-17(20,21)16-13(9-4-2-3-5-12(9)24-16)14(22)8-6-10(18)15(23)11(19)7-8/h2-7,23H,1H3/i2D,5D. The molecule has 3 rings (SSSR count). The molecule has 1 N–H and O–H groups in total. The molecule has 0 aliphatic rings. The van der Waals surface area contributed by atoms with Crippen LogP contribution in [0.1, 0.15) is 31.3 Å². The number of benzene rings is 2. The molecule has 0 atom stereocenters. The van der Waals surface area contributed by atoms with Gasteiger partial charge < -0.3 is 9.52 Å². The Labute approximate surface area is 155 Å². The van der Waals surface area contributed by atoms with Crippen LogP contribution in [-0.2, 0) is 5.92 Å². The fraction of sp³-hybridized carbons (Fsp3) is 0.118. The predicted octanol–water partition coefficient (Wildman–Crippen LogP) is 6.01. The van der Waals surface area contributed by atoms with Crippen molar-refractivity contribution in [1.29, 1.82) is 0 Å².